The molecule has 0 aliphatic heterocycles. The van der Waals surface area contributed by atoms with Gasteiger partial charge in [-0.1, -0.05) is 28.9 Å². The molecule has 23 heavy (non-hydrogen) atoms. The van der Waals surface area contributed by atoms with E-state index in [1.807, 2.05) is 31.4 Å². The minimum absolute atomic E-state index is 0.159. The topological polar surface area (TPSA) is 82.2 Å². The third kappa shape index (κ3) is 4.51. The lowest BCUT2D eigenvalue weighted by atomic mass is 10.0. The standard InChI is InChI=1S/C16H19BrN2O3S/c1-9(23-2)6-14(20)19-13(16(21)22)7-10-8-18-12-5-3-4-11(17)15(10)12/h3-5,8-9,13,18H,6-7H2,1-2H3,(H,19,20)(H,21,22). The molecule has 124 valence electrons. The first-order valence-electron chi connectivity index (χ1n) is 7.21. The number of thioether (sulfide) groups is 1. The fraction of sp³-hybridized carbons (Fsp3) is 0.375. The van der Waals surface area contributed by atoms with Crippen LogP contribution in [0.3, 0.4) is 0 Å². The smallest absolute Gasteiger partial charge is 0.326 e. The maximum absolute atomic E-state index is 12.0. The molecule has 0 bridgehead atoms. The summed E-state index contributed by atoms with van der Waals surface area (Å²) in [4.78, 5) is 26.6. The maximum atomic E-state index is 12.0. The summed E-state index contributed by atoms with van der Waals surface area (Å²) < 4.78 is 0.901. The number of amides is 1. The predicted octanol–water partition coefficient (Wildman–Crippen LogP) is 3.18. The van der Waals surface area contributed by atoms with Crippen molar-refractivity contribution >= 4 is 50.5 Å². The average molecular weight is 399 g/mol. The number of benzene rings is 1. The highest BCUT2D eigenvalue weighted by molar-refractivity contribution is 9.10. The SMILES string of the molecule is CSC(C)CC(=O)NC(Cc1c[nH]c2cccc(Br)c12)C(=O)O. The van der Waals surface area contributed by atoms with Gasteiger partial charge in [0.1, 0.15) is 6.04 Å². The van der Waals surface area contributed by atoms with Crippen LogP contribution in [0.1, 0.15) is 18.9 Å². The molecule has 2 atom stereocenters. The van der Waals surface area contributed by atoms with Crippen molar-refractivity contribution in [1.29, 1.82) is 0 Å². The molecule has 1 amide bonds. The van der Waals surface area contributed by atoms with Crippen molar-refractivity contribution in [1.82, 2.24) is 10.3 Å². The second kappa shape index (κ2) is 7.88. The highest BCUT2D eigenvalue weighted by atomic mass is 79.9. The van der Waals surface area contributed by atoms with Crippen LogP contribution in [0, 0.1) is 0 Å². The first kappa shape index (κ1) is 17.9. The number of halogens is 1. The molecule has 1 aromatic carbocycles. The number of hydrogen-bond acceptors (Lipinski definition) is 3. The molecule has 1 aromatic heterocycles. The Morgan fingerprint density at radius 1 is 1.43 bits per heavy atom. The lowest BCUT2D eigenvalue weighted by molar-refractivity contribution is -0.141. The van der Waals surface area contributed by atoms with Gasteiger partial charge in [-0.3, -0.25) is 4.79 Å². The number of aromatic amines is 1. The molecule has 0 aliphatic rings. The number of carboxylic acid groups (broad SMARTS) is 1. The monoisotopic (exact) mass is 398 g/mol. The zero-order valence-electron chi connectivity index (χ0n) is 12.9. The molecule has 0 spiro atoms. The molecule has 0 saturated carbocycles. The van der Waals surface area contributed by atoms with Gasteiger partial charge >= 0.3 is 5.97 Å². The minimum atomic E-state index is -1.03. The highest BCUT2D eigenvalue weighted by Gasteiger charge is 2.23. The molecule has 0 fully saturated rings. The Morgan fingerprint density at radius 2 is 2.17 bits per heavy atom. The second-order valence-electron chi connectivity index (χ2n) is 5.39. The van der Waals surface area contributed by atoms with Crippen LogP contribution >= 0.6 is 27.7 Å². The lowest BCUT2D eigenvalue weighted by Gasteiger charge is -2.16. The third-order valence-electron chi connectivity index (χ3n) is 3.67. The quantitative estimate of drug-likeness (QED) is 0.668. The van der Waals surface area contributed by atoms with Crippen LogP contribution in [-0.2, 0) is 16.0 Å². The number of aromatic nitrogens is 1. The summed E-state index contributed by atoms with van der Waals surface area (Å²) in [5, 5.41) is 13.1. The molecule has 2 aromatic rings. The van der Waals surface area contributed by atoms with Gasteiger partial charge in [-0.2, -0.15) is 11.8 Å². The molecular weight excluding hydrogens is 380 g/mol. The van der Waals surface area contributed by atoms with Crippen molar-refractivity contribution in [2.75, 3.05) is 6.26 Å². The molecular formula is C16H19BrN2O3S. The van der Waals surface area contributed by atoms with E-state index in [1.165, 1.54) is 0 Å². The van der Waals surface area contributed by atoms with Crippen LogP contribution in [0.25, 0.3) is 10.9 Å². The van der Waals surface area contributed by atoms with E-state index in [0.29, 0.717) is 6.42 Å². The van der Waals surface area contributed by atoms with Gasteiger partial charge in [-0.25, -0.2) is 4.79 Å². The molecule has 0 aliphatic carbocycles. The van der Waals surface area contributed by atoms with Crippen molar-refractivity contribution in [3.63, 3.8) is 0 Å². The molecule has 5 nitrogen and oxygen atoms in total. The van der Waals surface area contributed by atoms with E-state index < -0.39 is 12.0 Å². The van der Waals surface area contributed by atoms with Crippen LogP contribution in [-0.4, -0.2) is 39.5 Å². The summed E-state index contributed by atoms with van der Waals surface area (Å²) in [6, 6.07) is 4.81. The fourth-order valence-corrected chi connectivity index (χ4v) is 3.33. The summed E-state index contributed by atoms with van der Waals surface area (Å²) in [7, 11) is 0. The zero-order valence-corrected chi connectivity index (χ0v) is 15.3. The number of fused-ring (bicyclic) bond motifs is 1. The number of aliphatic carboxylic acids is 1. The molecule has 0 saturated heterocycles. The van der Waals surface area contributed by atoms with Crippen molar-refractivity contribution in [3.8, 4) is 0 Å². The third-order valence-corrected chi connectivity index (χ3v) is 5.30. The summed E-state index contributed by atoms with van der Waals surface area (Å²) in [5.41, 5.74) is 1.79. The number of nitrogens with one attached hydrogen (secondary N) is 2. The van der Waals surface area contributed by atoms with E-state index in [4.69, 9.17) is 0 Å². The number of carbonyl (C=O) groups is 2. The van der Waals surface area contributed by atoms with E-state index in [-0.39, 0.29) is 17.6 Å². The lowest BCUT2D eigenvalue weighted by Crippen LogP contribution is -2.42. The first-order valence-corrected chi connectivity index (χ1v) is 9.30. The van der Waals surface area contributed by atoms with Gasteiger partial charge < -0.3 is 15.4 Å². The highest BCUT2D eigenvalue weighted by Crippen LogP contribution is 2.27. The van der Waals surface area contributed by atoms with Crippen molar-refractivity contribution in [3.05, 3.63) is 34.4 Å². The van der Waals surface area contributed by atoms with Crippen molar-refractivity contribution in [2.45, 2.75) is 31.1 Å². The predicted molar refractivity (Wildman–Crippen MR) is 96.9 cm³/mol. The van der Waals surface area contributed by atoms with Gasteiger partial charge in [0.05, 0.1) is 0 Å². The van der Waals surface area contributed by atoms with E-state index >= 15 is 0 Å². The number of hydrogen-bond donors (Lipinski definition) is 3. The van der Waals surface area contributed by atoms with Crippen molar-refractivity contribution in [2.24, 2.45) is 0 Å². The van der Waals surface area contributed by atoms with Gasteiger partial charge in [-0.15, -0.1) is 0 Å². The minimum Gasteiger partial charge on any atom is -0.480 e. The van der Waals surface area contributed by atoms with Crippen LogP contribution in [0.15, 0.2) is 28.9 Å². The van der Waals surface area contributed by atoms with Gasteiger partial charge in [0.2, 0.25) is 5.91 Å². The Bertz CT molecular complexity index is 716. The van der Waals surface area contributed by atoms with Gasteiger partial charge in [0, 0.05) is 39.7 Å². The molecule has 0 radical (unpaired) electrons. The second-order valence-corrected chi connectivity index (χ2v) is 7.52. The molecule has 1 heterocycles. The van der Waals surface area contributed by atoms with Gasteiger partial charge in [-0.05, 0) is 24.0 Å². The summed E-state index contributed by atoms with van der Waals surface area (Å²) in [5.74, 6) is -1.27. The van der Waals surface area contributed by atoms with Crippen molar-refractivity contribution < 1.29 is 14.7 Å². The first-order chi connectivity index (χ1) is 10.9. The molecule has 3 N–H and O–H groups in total. The largest absolute Gasteiger partial charge is 0.480 e. The molecule has 7 heteroatoms. The van der Waals surface area contributed by atoms with Crippen LogP contribution in [0.5, 0.6) is 0 Å². The number of rotatable bonds is 7. The van der Waals surface area contributed by atoms with E-state index in [0.717, 1.165) is 20.9 Å². The average Bonchev–Trinajstić information content (AvgIpc) is 2.90. The van der Waals surface area contributed by atoms with E-state index in [2.05, 4.69) is 26.2 Å². The van der Waals surface area contributed by atoms with Gasteiger partial charge in [0.25, 0.3) is 0 Å². The normalized spacial score (nSPS) is 13.7. The zero-order chi connectivity index (χ0) is 17.0. The van der Waals surface area contributed by atoms with Gasteiger partial charge in [0.15, 0.2) is 0 Å². The molecule has 2 rings (SSSR count). The Balaban J connectivity index is 2.16. The Morgan fingerprint density at radius 3 is 2.83 bits per heavy atom. The fourth-order valence-electron chi connectivity index (χ4n) is 2.39. The summed E-state index contributed by atoms with van der Waals surface area (Å²) in [6.07, 6.45) is 4.26. The summed E-state index contributed by atoms with van der Waals surface area (Å²) in [6.45, 7) is 1.94. The Labute approximate surface area is 147 Å². The van der Waals surface area contributed by atoms with Crippen LogP contribution < -0.4 is 5.32 Å². The van der Waals surface area contributed by atoms with Crippen LogP contribution in [0.2, 0.25) is 0 Å². The molecule has 2 unspecified atom stereocenters. The Kier molecular flexibility index (Phi) is 6.12. The number of carboxylic acids is 1. The van der Waals surface area contributed by atoms with E-state index in [9.17, 15) is 14.7 Å². The summed E-state index contributed by atoms with van der Waals surface area (Å²) >= 11 is 5.07. The van der Waals surface area contributed by atoms with E-state index in [1.54, 1.807) is 18.0 Å². The number of carbonyl (C=O) groups excluding carboxylic acids is 1. The maximum Gasteiger partial charge on any atom is 0.326 e. The Hall–Kier alpha value is -1.47. The van der Waals surface area contributed by atoms with Crippen LogP contribution in [0.4, 0.5) is 0 Å². The number of H-pyrrole nitrogens is 1.